The molecule has 1 nitrogen and oxygen atoms in total. The van der Waals surface area contributed by atoms with E-state index in [0.717, 1.165) is 5.56 Å². The molecule has 2 aromatic rings. The molecule has 0 aliphatic carbocycles. The van der Waals surface area contributed by atoms with Crippen molar-refractivity contribution in [2.75, 3.05) is 0 Å². The van der Waals surface area contributed by atoms with E-state index in [1.165, 1.54) is 5.19 Å². The second kappa shape index (κ2) is 5.12. The highest BCUT2D eigenvalue weighted by Gasteiger charge is 2.20. The zero-order chi connectivity index (χ0) is 13.0. The quantitative estimate of drug-likeness (QED) is 0.611. The van der Waals surface area contributed by atoms with Crippen molar-refractivity contribution in [2.45, 2.75) is 13.1 Å². The van der Waals surface area contributed by atoms with Gasteiger partial charge in [0.15, 0.2) is 8.07 Å². The van der Waals surface area contributed by atoms with Gasteiger partial charge in [-0.2, -0.15) is 0 Å². The second-order valence-electron chi connectivity index (χ2n) is 4.79. The van der Waals surface area contributed by atoms with Crippen LogP contribution in [0.3, 0.4) is 0 Å². The van der Waals surface area contributed by atoms with Gasteiger partial charge in [-0.3, -0.25) is 0 Å². The van der Waals surface area contributed by atoms with Gasteiger partial charge in [0.1, 0.15) is 5.75 Å². The first kappa shape index (κ1) is 12.5. The maximum Gasteiger partial charge on any atom is 0.163 e. The lowest BCUT2D eigenvalue weighted by Crippen LogP contribution is -2.39. The van der Waals surface area contributed by atoms with Gasteiger partial charge in [0.05, 0.1) is 0 Å². The van der Waals surface area contributed by atoms with Crippen molar-refractivity contribution in [2.24, 2.45) is 0 Å². The number of benzene rings is 2. The van der Waals surface area contributed by atoms with Crippen molar-refractivity contribution in [3.63, 3.8) is 0 Å². The minimum Gasteiger partial charge on any atom is -0.508 e. The molecule has 0 unspecified atom stereocenters. The van der Waals surface area contributed by atoms with Crippen molar-refractivity contribution in [1.29, 1.82) is 0 Å². The maximum absolute atomic E-state index is 9.40. The smallest absolute Gasteiger partial charge is 0.163 e. The van der Waals surface area contributed by atoms with Crippen LogP contribution in [0.1, 0.15) is 5.56 Å². The zero-order valence-electron chi connectivity index (χ0n) is 10.6. The molecule has 0 fully saturated rings. The maximum atomic E-state index is 9.40. The molecule has 0 saturated carbocycles. The fraction of sp³-hybridized carbons (Fsp3) is 0.125. The molecule has 0 spiro atoms. The van der Waals surface area contributed by atoms with E-state index in [2.05, 4.69) is 48.8 Å². The van der Waals surface area contributed by atoms with Crippen LogP contribution < -0.4 is 5.19 Å². The molecule has 0 aromatic heterocycles. The SMILES string of the molecule is C[Si](C)(C#Cc1cccc(O)c1)c1ccccc1. The normalized spacial score (nSPS) is 10.6. The number of hydrogen-bond donors (Lipinski definition) is 1. The highest BCUT2D eigenvalue weighted by molar-refractivity contribution is 6.96. The molecule has 0 aliphatic heterocycles. The van der Waals surface area contributed by atoms with Gasteiger partial charge in [-0.1, -0.05) is 55.4 Å². The molecule has 0 atom stereocenters. The monoisotopic (exact) mass is 252 g/mol. The molecule has 0 bridgehead atoms. The summed E-state index contributed by atoms with van der Waals surface area (Å²) in [6.07, 6.45) is 0. The van der Waals surface area contributed by atoms with Crippen LogP contribution in [0.15, 0.2) is 54.6 Å². The Bertz CT molecular complexity index is 591. The Morgan fingerprint density at radius 3 is 2.33 bits per heavy atom. The number of phenols is 1. The van der Waals surface area contributed by atoms with Crippen LogP contribution in [0.5, 0.6) is 5.75 Å². The highest BCUT2D eigenvalue weighted by atomic mass is 28.3. The molecule has 0 radical (unpaired) electrons. The van der Waals surface area contributed by atoms with Crippen molar-refractivity contribution in [1.82, 2.24) is 0 Å². The predicted octanol–water partition coefficient (Wildman–Crippen LogP) is 2.90. The number of phenolic OH excluding ortho intramolecular Hbond substituents is 1. The summed E-state index contributed by atoms with van der Waals surface area (Å²) in [6, 6.07) is 17.5. The fourth-order valence-corrected chi connectivity index (χ4v) is 3.37. The molecule has 1 N–H and O–H groups in total. The van der Waals surface area contributed by atoms with Gasteiger partial charge in [-0.15, -0.1) is 5.54 Å². The van der Waals surface area contributed by atoms with E-state index in [0.29, 0.717) is 0 Å². The third-order valence-electron chi connectivity index (χ3n) is 2.86. The van der Waals surface area contributed by atoms with Gasteiger partial charge in [0.25, 0.3) is 0 Å². The Morgan fingerprint density at radius 1 is 0.944 bits per heavy atom. The molecule has 0 aliphatic rings. The summed E-state index contributed by atoms with van der Waals surface area (Å²) in [7, 11) is -1.72. The van der Waals surface area contributed by atoms with Gasteiger partial charge in [0.2, 0.25) is 0 Å². The molecule has 2 rings (SSSR count). The minimum atomic E-state index is -1.72. The first-order chi connectivity index (χ1) is 8.58. The van der Waals surface area contributed by atoms with E-state index >= 15 is 0 Å². The van der Waals surface area contributed by atoms with Gasteiger partial charge in [-0.25, -0.2) is 0 Å². The molecule has 0 heterocycles. The van der Waals surface area contributed by atoms with Gasteiger partial charge in [-0.05, 0) is 23.4 Å². The molecule has 18 heavy (non-hydrogen) atoms. The average molecular weight is 252 g/mol. The Labute approximate surface area is 109 Å². The van der Waals surface area contributed by atoms with Crippen LogP contribution in [-0.2, 0) is 0 Å². The summed E-state index contributed by atoms with van der Waals surface area (Å²) in [5.74, 6) is 3.44. The van der Waals surface area contributed by atoms with Crippen molar-refractivity contribution in [3.05, 3.63) is 60.2 Å². The summed E-state index contributed by atoms with van der Waals surface area (Å²) >= 11 is 0. The third-order valence-corrected chi connectivity index (χ3v) is 5.39. The van der Waals surface area contributed by atoms with Crippen molar-refractivity contribution < 1.29 is 5.11 Å². The Hall–Kier alpha value is -1.98. The third kappa shape index (κ3) is 3.03. The Balaban J connectivity index is 2.29. The molecule has 2 heteroatoms. The summed E-state index contributed by atoms with van der Waals surface area (Å²) in [6.45, 7) is 4.47. The van der Waals surface area contributed by atoms with Crippen LogP contribution in [-0.4, -0.2) is 13.2 Å². The Morgan fingerprint density at radius 2 is 1.67 bits per heavy atom. The second-order valence-corrected chi connectivity index (χ2v) is 8.87. The standard InChI is InChI=1S/C16H16OSi/c1-18(2,16-9-4-3-5-10-16)12-11-14-7-6-8-15(17)13-14/h3-10,13,17H,1-2H3. The van der Waals surface area contributed by atoms with Gasteiger partial charge in [0, 0.05) is 5.56 Å². The first-order valence-corrected chi connectivity index (χ1v) is 8.96. The van der Waals surface area contributed by atoms with E-state index in [1.807, 2.05) is 18.2 Å². The Kier molecular flexibility index (Phi) is 3.54. The molecule has 2 aromatic carbocycles. The van der Waals surface area contributed by atoms with Gasteiger partial charge >= 0.3 is 0 Å². The average Bonchev–Trinajstić information content (AvgIpc) is 2.38. The summed E-state index contributed by atoms with van der Waals surface area (Å²) in [5, 5.41) is 10.7. The van der Waals surface area contributed by atoms with Crippen LogP contribution >= 0.6 is 0 Å². The van der Waals surface area contributed by atoms with Gasteiger partial charge < -0.3 is 5.11 Å². The number of hydrogen-bond acceptors (Lipinski definition) is 1. The van der Waals surface area contributed by atoms with Crippen LogP contribution in [0, 0.1) is 11.5 Å². The number of rotatable bonds is 1. The highest BCUT2D eigenvalue weighted by Crippen LogP contribution is 2.10. The predicted molar refractivity (Wildman–Crippen MR) is 78.5 cm³/mol. The molecule has 0 saturated heterocycles. The zero-order valence-corrected chi connectivity index (χ0v) is 11.6. The molecular formula is C16H16OSi. The fourth-order valence-electron chi connectivity index (χ4n) is 1.74. The van der Waals surface area contributed by atoms with E-state index < -0.39 is 8.07 Å². The number of aromatic hydroxyl groups is 1. The molecule has 90 valence electrons. The summed E-state index contributed by atoms with van der Waals surface area (Å²) < 4.78 is 0. The van der Waals surface area contributed by atoms with Crippen molar-refractivity contribution >= 4 is 13.3 Å². The van der Waals surface area contributed by atoms with E-state index in [1.54, 1.807) is 12.1 Å². The van der Waals surface area contributed by atoms with Crippen molar-refractivity contribution in [3.8, 4) is 17.2 Å². The summed E-state index contributed by atoms with van der Waals surface area (Å²) in [4.78, 5) is 0. The molecule has 0 amide bonds. The minimum absolute atomic E-state index is 0.265. The topological polar surface area (TPSA) is 20.2 Å². The molecular weight excluding hydrogens is 236 g/mol. The van der Waals surface area contributed by atoms with E-state index in [9.17, 15) is 5.11 Å². The van der Waals surface area contributed by atoms with Crippen LogP contribution in [0.4, 0.5) is 0 Å². The van der Waals surface area contributed by atoms with Crippen LogP contribution in [0.2, 0.25) is 13.1 Å². The van der Waals surface area contributed by atoms with E-state index in [4.69, 9.17) is 0 Å². The van der Waals surface area contributed by atoms with E-state index in [-0.39, 0.29) is 5.75 Å². The summed E-state index contributed by atoms with van der Waals surface area (Å²) in [5.41, 5.74) is 4.26. The van der Waals surface area contributed by atoms with Crippen LogP contribution in [0.25, 0.3) is 0 Å². The first-order valence-electron chi connectivity index (χ1n) is 5.96. The lowest BCUT2D eigenvalue weighted by molar-refractivity contribution is 0.475. The largest absolute Gasteiger partial charge is 0.508 e. The lowest BCUT2D eigenvalue weighted by Gasteiger charge is -2.14. The lowest BCUT2D eigenvalue weighted by atomic mass is 10.2.